The molecule has 168 valence electrons. The number of aryl methyl sites for hydroxylation is 2. The number of sulfonamides is 1. The number of methoxy groups -OCH3 is 1. The Labute approximate surface area is 183 Å². The quantitative estimate of drug-likeness (QED) is 0.566. The zero-order chi connectivity index (χ0) is 22.3. The Hall–Kier alpha value is -2.45. The fourth-order valence-corrected chi connectivity index (χ4v) is 5.26. The minimum atomic E-state index is -3.52. The standard InChI is InChI=1S/C23H29FN2O4S/c1-30-22-12-11-21(31(28,29)26-15-2-3-16-26)17-19(22)8-13-23(27)25-14-4-5-18-6-9-20(24)10-7-18/h6-7,9-12,17H,2-5,8,13-16H2,1H3,(H,25,27). The first-order chi connectivity index (χ1) is 14.9. The average molecular weight is 449 g/mol. The van der Waals surface area contributed by atoms with E-state index in [1.54, 1.807) is 30.3 Å². The van der Waals surface area contributed by atoms with Gasteiger partial charge in [-0.2, -0.15) is 4.31 Å². The van der Waals surface area contributed by atoms with Crippen molar-refractivity contribution in [1.82, 2.24) is 9.62 Å². The van der Waals surface area contributed by atoms with Crippen LogP contribution in [0.2, 0.25) is 0 Å². The maximum Gasteiger partial charge on any atom is 0.243 e. The van der Waals surface area contributed by atoms with Crippen molar-refractivity contribution >= 4 is 15.9 Å². The summed E-state index contributed by atoms with van der Waals surface area (Å²) in [6.45, 7) is 1.62. The molecule has 0 spiro atoms. The highest BCUT2D eigenvalue weighted by atomic mass is 32.2. The highest BCUT2D eigenvalue weighted by Gasteiger charge is 2.27. The second kappa shape index (κ2) is 10.7. The first-order valence-electron chi connectivity index (χ1n) is 10.6. The maximum atomic E-state index is 12.9. The lowest BCUT2D eigenvalue weighted by molar-refractivity contribution is -0.121. The molecule has 0 aromatic heterocycles. The van der Waals surface area contributed by atoms with Crippen molar-refractivity contribution < 1.29 is 22.3 Å². The van der Waals surface area contributed by atoms with Crippen molar-refractivity contribution in [1.29, 1.82) is 0 Å². The van der Waals surface area contributed by atoms with Crippen LogP contribution in [0.5, 0.6) is 5.75 Å². The number of nitrogens with zero attached hydrogens (tertiary/aromatic N) is 1. The van der Waals surface area contributed by atoms with E-state index in [1.165, 1.54) is 23.5 Å². The SMILES string of the molecule is COc1ccc(S(=O)(=O)N2CCCC2)cc1CCC(=O)NCCCc1ccc(F)cc1. The van der Waals surface area contributed by atoms with E-state index in [9.17, 15) is 17.6 Å². The molecule has 2 aromatic rings. The molecule has 0 aliphatic carbocycles. The molecular formula is C23H29FN2O4S. The van der Waals surface area contributed by atoms with E-state index in [0.717, 1.165) is 31.2 Å². The number of amides is 1. The van der Waals surface area contributed by atoms with Crippen LogP contribution in [0.3, 0.4) is 0 Å². The fourth-order valence-electron chi connectivity index (χ4n) is 3.70. The first-order valence-corrected chi connectivity index (χ1v) is 12.0. The van der Waals surface area contributed by atoms with Crippen molar-refractivity contribution in [3.8, 4) is 5.75 Å². The Kier molecular flexibility index (Phi) is 8.03. The van der Waals surface area contributed by atoms with Crippen molar-refractivity contribution in [2.24, 2.45) is 0 Å². The summed E-state index contributed by atoms with van der Waals surface area (Å²) in [6.07, 6.45) is 3.89. The third kappa shape index (κ3) is 6.27. The van der Waals surface area contributed by atoms with Crippen LogP contribution in [0.4, 0.5) is 4.39 Å². The number of nitrogens with one attached hydrogen (secondary N) is 1. The minimum Gasteiger partial charge on any atom is -0.496 e. The van der Waals surface area contributed by atoms with E-state index < -0.39 is 10.0 Å². The number of benzene rings is 2. The zero-order valence-electron chi connectivity index (χ0n) is 17.8. The molecule has 0 atom stereocenters. The Bertz CT molecular complexity index is 987. The van der Waals surface area contributed by atoms with E-state index in [0.29, 0.717) is 37.4 Å². The number of carbonyl (C=O) groups is 1. The number of carbonyl (C=O) groups excluding carboxylic acids is 1. The second-order valence-corrected chi connectivity index (χ2v) is 9.60. The smallest absolute Gasteiger partial charge is 0.243 e. The van der Waals surface area contributed by atoms with Gasteiger partial charge in [-0.3, -0.25) is 4.79 Å². The number of hydrogen-bond acceptors (Lipinski definition) is 4. The van der Waals surface area contributed by atoms with Gasteiger partial charge in [-0.15, -0.1) is 0 Å². The minimum absolute atomic E-state index is 0.103. The zero-order valence-corrected chi connectivity index (χ0v) is 18.6. The van der Waals surface area contributed by atoms with Gasteiger partial charge >= 0.3 is 0 Å². The number of ether oxygens (including phenoxy) is 1. The molecular weight excluding hydrogens is 419 g/mol. The summed E-state index contributed by atoms with van der Waals surface area (Å²) in [5.74, 6) is 0.211. The van der Waals surface area contributed by atoms with E-state index in [-0.39, 0.29) is 23.0 Å². The molecule has 2 aromatic carbocycles. The van der Waals surface area contributed by atoms with E-state index in [2.05, 4.69) is 5.32 Å². The first kappa shape index (κ1) is 23.2. The van der Waals surface area contributed by atoms with Gasteiger partial charge < -0.3 is 10.1 Å². The van der Waals surface area contributed by atoms with Gasteiger partial charge in [0.05, 0.1) is 12.0 Å². The molecule has 1 aliphatic heterocycles. The molecule has 0 radical (unpaired) electrons. The monoisotopic (exact) mass is 448 g/mol. The van der Waals surface area contributed by atoms with Crippen LogP contribution in [0.1, 0.15) is 36.8 Å². The summed E-state index contributed by atoms with van der Waals surface area (Å²) < 4.78 is 45.4. The van der Waals surface area contributed by atoms with E-state index >= 15 is 0 Å². The second-order valence-electron chi connectivity index (χ2n) is 7.66. The van der Waals surface area contributed by atoms with Crippen LogP contribution in [0.15, 0.2) is 47.4 Å². The lowest BCUT2D eigenvalue weighted by Crippen LogP contribution is -2.28. The Balaban J connectivity index is 1.52. The van der Waals surface area contributed by atoms with Crippen LogP contribution < -0.4 is 10.1 Å². The van der Waals surface area contributed by atoms with Crippen molar-refractivity contribution in [2.75, 3.05) is 26.7 Å². The molecule has 1 heterocycles. The van der Waals surface area contributed by atoms with Gasteiger partial charge in [-0.25, -0.2) is 12.8 Å². The molecule has 1 aliphatic rings. The van der Waals surface area contributed by atoms with Gasteiger partial charge in [0.15, 0.2) is 0 Å². The largest absolute Gasteiger partial charge is 0.496 e. The van der Waals surface area contributed by atoms with Gasteiger partial charge in [-0.05, 0) is 73.6 Å². The lowest BCUT2D eigenvalue weighted by Gasteiger charge is -2.17. The van der Waals surface area contributed by atoms with Crippen LogP contribution in [0, 0.1) is 5.82 Å². The molecule has 6 nitrogen and oxygen atoms in total. The number of hydrogen-bond donors (Lipinski definition) is 1. The van der Waals surface area contributed by atoms with Gasteiger partial charge in [0.2, 0.25) is 15.9 Å². The molecule has 0 unspecified atom stereocenters. The van der Waals surface area contributed by atoms with Gasteiger partial charge in [-0.1, -0.05) is 12.1 Å². The highest BCUT2D eigenvalue weighted by Crippen LogP contribution is 2.27. The molecule has 1 saturated heterocycles. The summed E-state index contributed by atoms with van der Waals surface area (Å²) in [5, 5.41) is 2.88. The van der Waals surface area contributed by atoms with Gasteiger partial charge in [0.25, 0.3) is 0 Å². The van der Waals surface area contributed by atoms with Crippen LogP contribution in [-0.4, -0.2) is 45.4 Å². The third-order valence-electron chi connectivity index (χ3n) is 5.45. The van der Waals surface area contributed by atoms with E-state index in [4.69, 9.17) is 4.74 Å². The topological polar surface area (TPSA) is 75.7 Å². The number of halogens is 1. The van der Waals surface area contributed by atoms with Crippen LogP contribution in [-0.2, 0) is 27.7 Å². The predicted molar refractivity (Wildman–Crippen MR) is 117 cm³/mol. The molecule has 8 heteroatoms. The molecule has 3 rings (SSSR count). The Morgan fingerprint density at radius 3 is 2.48 bits per heavy atom. The van der Waals surface area contributed by atoms with Crippen LogP contribution >= 0.6 is 0 Å². The van der Waals surface area contributed by atoms with Gasteiger partial charge in [0.1, 0.15) is 11.6 Å². The summed E-state index contributed by atoms with van der Waals surface area (Å²) >= 11 is 0. The van der Waals surface area contributed by atoms with Crippen molar-refractivity contribution in [2.45, 2.75) is 43.4 Å². The van der Waals surface area contributed by atoms with Crippen LogP contribution in [0.25, 0.3) is 0 Å². The van der Waals surface area contributed by atoms with Crippen molar-refractivity contribution in [3.63, 3.8) is 0 Å². The normalized spacial score (nSPS) is 14.5. The molecule has 0 bridgehead atoms. The molecule has 1 N–H and O–H groups in total. The van der Waals surface area contributed by atoms with E-state index in [1.807, 2.05) is 0 Å². The summed E-state index contributed by atoms with van der Waals surface area (Å²) in [7, 11) is -1.99. The average Bonchev–Trinajstić information content (AvgIpc) is 3.32. The predicted octanol–water partition coefficient (Wildman–Crippen LogP) is 3.30. The summed E-state index contributed by atoms with van der Waals surface area (Å²) in [6, 6.07) is 11.2. The molecule has 1 fully saturated rings. The third-order valence-corrected chi connectivity index (χ3v) is 7.35. The molecule has 0 saturated carbocycles. The summed E-state index contributed by atoms with van der Waals surface area (Å²) in [4.78, 5) is 12.5. The van der Waals surface area contributed by atoms with Gasteiger partial charge in [0, 0.05) is 26.1 Å². The van der Waals surface area contributed by atoms with Crippen molar-refractivity contribution in [3.05, 3.63) is 59.4 Å². The Morgan fingerprint density at radius 2 is 1.81 bits per heavy atom. The summed E-state index contributed by atoms with van der Waals surface area (Å²) in [5.41, 5.74) is 1.72. The maximum absolute atomic E-state index is 12.9. The number of rotatable bonds is 10. The fraction of sp³-hybridized carbons (Fsp3) is 0.435. The molecule has 1 amide bonds. The Morgan fingerprint density at radius 1 is 1.10 bits per heavy atom. The highest BCUT2D eigenvalue weighted by molar-refractivity contribution is 7.89. The lowest BCUT2D eigenvalue weighted by atomic mass is 10.1. The molecule has 31 heavy (non-hydrogen) atoms.